The smallest absolute Gasteiger partial charge is 0.280 e. The largest absolute Gasteiger partial charge is 0.386 e. The molecule has 1 amide bonds. The number of aliphatic imine (C=N–C) groups is 1. The number of carbonyl (C=O) groups is 1. The van der Waals surface area contributed by atoms with Gasteiger partial charge in [0.2, 0.25) is 5.95 Å². The normalized spacial score (nSPS) is 17.8. The molecule has 0 atom stereocenters. The standard InChI is InChI=1S/C24H27N9O/c25-22(32-21(34)16-2-5-20(29-12-16)33-10-8-27-9-11-33)24(6-1-7-24)18-3-4-19(28-15-18)17-13-30-23(26)31-14-17/h2-5,12-15,27H,1,6-11H2,(H2,25,32,34)(H2,26,30,31). The van der Waals surface area contributed by atoms with E-state index >= 15 is 0 Å². The lowest BCUT2D eigenvalue weighted by Gasteiger charge is -2.41. The molecule has 2 fully saturated rings. The van der Waals surface area contributed by atoms with Crippen molar-refractivity contribution in [1.29, 1.82) is 0 Å². The molecule has 3 aromatic rings. The molecule has 0 spiro atoms. The molecule has 1 saturated heterocycles. The highest BCUT2D eigenvalue weighted by atomic mass is 16.1. The van der Waals surface area contributed by atoms with Crippen LogP contribution in [0, 0.1) is 0 Å². The van der Waals surface area contributed by atoms with Crippen LogP contribution >= 0.6 is 0 Å². The summed E-state index contributed by atoms with van der Waals surface area (Å²) in [6.07, 6.45) is 9.30. The number of aromatic nitrogens is 4. The van der Waals surface area contributed by atoms with Crippen molar-refractivity contribution in [3.05, 3.63) is 60.2 Å². The van der Waals surface area contributed by atoms with E-state index in [1.165, 1.54) is 0 Å². The van der Waals surface area contributed by atoms with Gasteiger partial charge in [-0.1, -0.05) is 12.5 Å². The molecule has 0 radical (unpaired) electrons. The number of carbonyl (C=O) groups excluding carboxylic acids is 1. The number of piperazine rings is 1. The molecule has 10 nitrogen and oxygen atoms in total. The first-order chi connectivity index (χ1) is 16.5. The van der Waals surface area contributed by atoms with Crippen molar-refractivity contribution in [1.82, 2.24) is 25.3 Å². The van der Waals surface area contributed by atoms with Crippen molar-refractivity contribution in [2.75, 3.05) is 36.8 Å². The number of amides is 1. The van der Waals surface area contributed by atoms with E-state index in [0.717, 1.165) is 68.1 Å². The van der Waals surface area contributed by atoms with Crippen LogP contribution in [0.15, 0.2) is 54.0 Å². The van der Waals surface area contributed by atoms with Crippen LogP contribution in [0.2, 0.25) is 0 Å². The number of amidine groups is 1. The van der Waals surface area contributed by atoms with E-state index in [9.17, 15) is 4.79 Å². The van der Waals surface area contributed by atoms with Gasteiger partial charge in [0.05, 0.1) is 16.7 Å². The minimum absolute atomic E-state index is 0.219. The maximum atomic E-state index is 12.9. The summed E-state index contributed by atoms with van der Waals surface area (Å²) in [5.74, 6) is 1.02. The first-order valence-electron chi connectivity index (χ1n) is 11.4. The predicted octanol–water partition coefficient (Wildman–Crippen LogP) is 1.54. The molecule has 1 saturated carbocycles. The summed E-state index contributed by atoms with van der Waals surface area (Å²) in [7, 11) is 0. The molecule has 5 N–H and O–H groups in total. The van der Waals surface area contributed by atoms with Gasteiger partial charge in [0.25, 0.3) is 5.91 Å². The number of nitrogens with zero attached hydrogens (tertiary/aromatic N) is 6. The van der Waals surface area contributed by atoms with Crippen LogP contribution in [0.4, 0.5) is 11.8 Å². The Balaban J connectivity index is 1.33. The fourth-order valence-electron chi connectivity index (χ4n) is 4.42. The van der Waals surface area contributed by atoms with Gasteiger partial charge >= 0.3 is 0 Å². The average molecular weight is 458 g/mol. The van der Waals surface area contributed by atoms with Crippen molar-refractivity contribution in [3.8, 4) is 11.3 Å². The maximum absolute atomic E-state index is 12.9. The van der Waals surface area contributed by atoms with Crippen molar-refractivity contribution < 1.29 is 4.79 Å². The van der Waals surface area contributed by atoms with Crippen LogP contribution in [0.1, 0.15) is 35.2 Å². The molecule has 34 heavy (non-hydrogen) atoms. The zero-order valence-corrected chi connectivity index (χ0v) is 18.8. The minimum atomic E-state index is -0.479. The van der Waals surface area contributed by atoms with E-state index in [1.54, 1.807) is 30.9 Å². The Morgan fingerprint density at radius 2 is 1.74 bits per heavy atom. The second-order valence-electron chi connectivity index (χ2n) is 8.64. The summed E-state index contributed by atoms with van der Waals surface area (Å²) < 4.78 is 0. The number of anilines is 2. The molecule has 2 aliphatic rings. The third kappa shape index (κ3) is 4.19. The molecule has 1 aliphatic carbocycles. The Bertz CT molecular complexity index is 1180. The molecule has 0 bridgehead atoms. The Labute approximate surface area is 197 Å². The van der Waals surface area contributed by atoms with Crippen LogP contribution in [-0.2, 0) is 5.41 Å². The van der Waals surface area contributed by atoms with Gasteiger partial charge < -0.3 is 21.7 Å². The highest BCUT2D eigenvalue weighted by molar-refractivity contribution is 6.06. The number of nitrogen functional groups attached to an aromatic ring is 1. The summed E-state index contributed by atoms with van der Waals surface area (Å²) in [5.41, 5.74) is 14.4. The zero-order valence-electron chi connectivity index (χ0n) is 18.8. The fourth-order valence-corrected chi connectivity index (χ4v) is 4.42. The lowest BCUT2D eigenvalue weighted by molar-refractivity contribution is 0.100. The van der Waals surface area contributed by atoms with Gasteiger partial charge in [-0.15, -0.1) is 0 Å². The highest BCUT2D eigenvalue weighted by Crippen LogP contribution is 2.44. The topological polar surface area (TPSA) is 148 Å². The monoisotopic (exact) mass is 457 g/mol. The van der Waals surface area contributed by atoms with Crippen molar-refractivity contribution >= 4 is 23.5 Å². The van der Waals surface area contributed by atoms with Crippen LogP contribution in [0.25, 0.3) is 11.3 Å². The molecule has 3 aromatic heterocycles. The highest BCUT2D eigenvalue weighted by Gasteiger charge is 2.43. The molecule has 174 valence electrons. The molecule has 0 unspecified atom stereocenters. The van der Waals surface area contributed by atoms with Gasteiger partial charge in [-0.3, -0.25) is 9.78 Å². The van der Waals surface area contributed by atoms with Gasteiger partial charge in [0.15, 0.2) is 0 Å². The van der Waals surface area contributed by atoms with Crippen LogP contribution < -0.4 is 21.7 Å². The van der Waals surface area contributed by atoms with Crippen LogP contribution in [0.5, 0.6) is 0 Å². The molecule has 1 aliphatic heterocycles. The van der Waals surface area contributed by atoms with Crippen molar-refractivity contribution in [2.24, 2.45) is 10.7 Å². The lowest BCUT2D eigenvalue weighted by atomic mass is 9.64. The SMILES string of the molecule is NC(=NC(=O)c1ccc(N2CCNCC2)nc1)C1(c2ccc(-c3cnc(N)nc3)nc2)CCC1. The Hall–Kier alpha value is -3.92. The van der Waals surface area contributed by atoms with Crippen molar-refractivity contribution in [2.45, 2.75) is 24.7 Å². The van der Waals surface area contributed by atoms with Gasteiger partial charge in [-0.25, -0.2) is 15.0 Å². The van der Waals surface area contributed by atoms with E-state index in [0.29, 0.717) is 11.4 Å². The second kappa shape index (κ2) is 9.14. The summed E-state index contributed by atoms with van der Waals surface area (Å²) in [4.78, 5) is 36.4. The molecular weight excluding hydrogens is 430 g/mol. The predicted molar refractivity (Wildman–Crippen MR) is 130 cm³/mol. The summed E-state index contributed by atoms with van der Waals surface area (Å²) in [6.45, 7) is 3.64. The Morgan fingerprint density at radius 3 is 2.32 bits per heavy atom. The number of hydrogen-bond acceptors (Lipinski definition) is 8. The summed E-state index contributed by atoms with van der Waals surface area (Å²) in [5, 5.41) is 3.32. The molecule has 0 aromatic carbocycles. The molecule has 10 heteroatoms. The molecule has 4 heterocycles. The van der Waals surface area contributed by atoms with Gasteiger partial charge in [-0.05, 0) is 36.6 Å². The van der Waals surface area contributed by atoms with Gasteiger partial charge in [-0.2, -0.15) is 4.99 Å². The van der Waals surface area contributed by atoms with E-state index in [1.807, 2.05) is 18.2 Å². The van der Waals surface area contributed by atoms with Gasteiger partial charge in [0.1, 0.15) is 11.7 Å². The number of nitrogens with one attached hydrogen (secondary N) is 1. The fraction of sp³-hybridized carbons (Fsp3) is 0.333. The molecular formula is C24H27N9O. The Kier molecular flexibility index (Phi) is 5.89. The van der Waals surface area contributed by atoms with Gasteiger partial charge in [0, 0.05) is 56.5 Å². The number of hydrogen-bond donors (Lipinski definition) is 3. The van der Waals surface area contributed by atoms with E-state index in [2.05, 4.69) is 35.1 Å². The maximum Gasteiger partial charge on any atom is 0.280 e. The minimum Gasteiger partial charge on any atom is -0.386 e. The van der Waals surface area contributed by atoms with Crippen LogP contribution in [0.3, 0.4) is 0 Å². The first-order valence-corrected chi connectivity index (χ1v) is 11.4. The average Bonchev–Trinajstić information content (AvgIpc) is 2.85. The van der Waals surface area contributed by atoms with E-state index in [4.69, 9.17) is 11.5 Å². The third-order valence-electron chi connectivity index (χ3n) is 6.64. The molecule has 5 rings (SSSR count). The summed E-state index contributed by atoms with van der Waals surface area (Å²) >= 11 is 0. The van der Waals surface area contributed by atoms with Crippen molar-refractivity contribution in [3.63, 3.8) is 0 Å². The lowest BCUT2D eigenvalue weighted by Crippen LogP contribution is -2.47. The van der Waals surface area contributed by atoms with E-state index in [-0.39, 0.29) is 11.9 Å². The number of pyridine rings is 2. The Morgan fingerprint density at radius 1 is 0.971 bits per heavy atom. The zero-order chi connectivity index (χ0) is 23.5. The second-order valence-corrected chi connectivity index (χ2v) is 8.64. The summed E-state index contributed by atoms with van der Waals surface area (Å²) in [6, 6.07) is 7.52. The quantitative estimate of drug-likeness (QED) is 0.383. The number of nitrogens with two attached hydrogens (primary N) is 2. The first kappa shape index (κ1) is 21.9. The van der Waals surface area contributed by atoms with E-state index < -0.39 is 5.41 Å². The third-order valence-corrected chi connectivity index (χ3v) is 6.64. The van der Waals surface area contributed by atoms with Crippen LogP contribution in [-0.4, -0.2) is 57.9 Å². The number of rotatable bonds is 5.